The molecule has 0 fully saturated rings. The van der Waals surface area contributed by atoms with E-state index in [0.717, 1.165) is 12.8 Å². The van der Waals surface area contributed by atoms with E-state index in [2.05, 4.69) is 64.3 Å². The summed E-state index contributed by atoms with van der Waals surface area (Å²) in [6.07, 6.45) is 2.13. The summed E-state index contributed by atoms with van der Waals surface area (Å²) in [5.41, 5.74) is 5.96. The van der Waals surface area contributed by atoms with Crippen LogP contribution in [0.25, 0.3) is 0 Å². The third kappa shape index (κ3) is 4.11. The van der Waals surface area contributed by atoms with Gasteiger partial charge in [0.1, 0.15) is 0 Å². The summed E-state index contributed by atoms with van der Waals surface area (Å²) in [5.74, 6) is 6.35. The lowest BCUT2D eigenvalue weighted by Crippen LogP contribution is -2.32. The molecule has 2 unspecified atom stereocenters. The highest BCUT2D eigenvalue weighted by Crippen LogP contribution is 2.33. The molecule has 0 aliphatic heterocycles. The first kappa shape index (κ1) is 15.2. The molecule has 0 radical (unpaired) electrons. The minimum atomic E-state index is 0.241. The van der Waals surface area contributed by atoms with E-state index in [0.29, 0.717) is 11.3 Å². The molecule has 1 aromatic rings. The quantitative estimate of drug-likeness (QED) is 0.614. The SMILES string of the molecule is CCc1cccc(C(CC(C)C(C)(C)C)NN)c1. The molecule has 0 bridgehead atoms. The third-order valence-electron chi connectivity index (χ3n) is 4.03. The highest BCUT2D eigenvalue weighted by molar-refractivity contribution is 5.26. The first-order valence-corrected chi connectivity index (χ1v) is 6.93. The summed E-state index contributed by atoms with van der Waals surface area (Å²) in [6.45, 7) is 11.3. The van der Waals surface area contributed by atoms with Crippen molar-refractivity contribution in [2.45, 2.75) is 53.5 Å². The van der Waals surface area contributed by atoms with Crippen LogP contribution in [0.1, 0.15) is 58.2 Å². The predicted molar refractivity (Wildman–Crippen MR) is 79.1 cm³/mol. The van der Waals surface area contributed by atoms with Crippen molar-refractivity contribution in [3.63, 3.8) is 0 Å². The van der Waals surface area contributed by atoms with E-state index < -0.39 is 0 Å². The van der Waals surface area contributed by atoms with Crippen molar-refractivity contribution in [2.75, 3.05) is 0 Å². The Bertz CT molecular complexity index is 366. The standard InChI is InChI=1S/C16H28N2/c1-6-13-8-7-9-14(11-13)15(18-17)10-12(2)16(3,4)5/h7-9,11-12,15,18H,6,10,17H2,1-5H3. The van der Waals surface area contributed by atoms with E-state index in [1.54, 1.807) is 0 Å². The number of hydrogen-bond donors (Lipinski definition) is 2. The lowest BCUT2D eigenvalue weighted by molar-refractivity contribution is 0.223. The summed E-state index contributed by atoms with van der Waals surface area (Å²) in [6, 6.07) is 8.97. The molecule has 0 spiro atoms. The molecule has 3 N–H and O–H groups in total. The van der Waals surface area contributed by atoms with Crippen LogP contribution in [0.5, 0.6) is 0 Å². The maximum absolute atomic E-state index is 5.74. The van der Waals surface area contributed by atoms with E-state index in [1.807, 2.05) is 0 Å². The molecular formula is C16H28N2. The predicted octanol–water partition coefficient (Wildman–Crippen LogP) is 3.83. The van der Waals surface area contributed by atoms with Crippen molar-refractivity contribution in [3.8, 4) is 0 Å². The largest absolute Gasteiger partial charge is 0.271 e. The Kier molecular flexibility index (Phi) is 5.36. The third-order valence-corrected chi connectivity index (χ3v) is 4.03. The fraction of sp³-hybridized carbons (Fsp3) is 0.625. The highest BCUT2D eigenvalue weighted by Gasteiger charge is 2.23. The zero-order valence-electron chi connectivity index (χ0n) is 12.5. The van der Waals surface area contributed by atoms with Gasteiger partial charge in [0.2, 0.25) is 0 Å². The van der Waals surface area contributed by atoms with Crippen LogP contribution in [0.2, 0.25) is 0 Å². The van der Waals surface area contributed by atoms with E-state index in [-0.39, 0.29) is 6.04 Å². The second-order valence-electron chi connectivity index (χ2n) is 6.32. The van der Waals surface area contributed by atoms with Crippen LogP contribution in [0.4, 0.5) is 0 Å². The van der Waals surface area contributed by atoms with Gasteiger partial charge in [-0.2, -0.15) is 0 Å². The smallest absolute Gasteiger partial charge is 0.0462 e. The van der Waals surface area contributed by atoms with Crippen molar-refractivity contribution in [1.82, 2.24) is 5.43 Å². The fourth-order valence-electron chi connectivity index (χ4n) is 2.04. The van der Waals surface area contributed by atoms with Crippen molar-refractivity contribution >= 4 is 0 Å². The second-order valence-corrected chi connectivity index (χ2v) is 6.32. The minimum absolute atomic E-state index is 0.241. The Morgan fingerprint density at radius 3 is 2.44 bits per heavy atom. The maximum atomic E-state index is 5.74. The summed E-state index contributed by atoms with van der Waals surface area (Å²) in [5, 5.41) is 0. The molecule has 0 saturated carbocycles. The average Bonchev–Trinajstić information content (AvgIpc) is 2.34. The monoisotopic (exact) mass is 248 g/mol. The van der Waals surface area contributed by atoms with Gasteiger partial charge in [0.05, 0.1) is 0 Å². The van der Waals surface area contributed by atoms with Crippen molar-refractivity contribution in [1.29, 1.82) is 0 Å². The van der Waals surface area contributed by atoms with Gasteiger partial charge in [0.15, 0.2) is 0 Å². The van der Waals surface area contributed by atoms with Gasteiger partial charge in [-0.25, -0.2) is 0 Å². The van der Waals surface area contributed by atoms with Gasteiger partial charge in [-0.05, 0) is 35.3 Å². The van der Waals surface area contributed by atoms with E-state index >= 15 is 0 Å². The van der Waals surface area contributed by atoms with Gasteiger partial charge in [-0.3, -0.25) is 11.3 Å². The molecule has 0 saturated heterocycles. The fourth-order valence-corrected chi connectivity index (χ4v) is 2.04. The van der Waals surface area contributed by atoms with E-state index in [9.17, 15) is 0 Å². The zero-order chi connectivity index (χ0) is 13.8. The van der Waals surface area contributed by atoms with Crippen LogP contribution in [0.15, 0.2) is 24.3 Å². The van der Waals surface area contributed by atoms with Gasteiger partial charge < -0.3 is 0 Å². The topological polar surface area (TPSA) is 38.0 Å². The molecule has 0 heterocycles. The molecule has 0 amide bonds. The number of nitrogens with two attached hydrogens (primary N) is 1. The molecule has 1 aromatic carbocycles. The van der Waals surface area contributed by atoms with Crippen molar-refractivity contribution < 1.29 is 0 Å². The van der Waals surface area contributed by atoms with Crippen LogP contribution >= 0.6 is 0 Å². The van der Waals surface area contributed by atoms with Crippen LogP contribution in [0.3, 0.4) is 0 Å². The van der Waals surface area contributed by atoms with E-state index in [1.165, 1.54) is 11.1 Å². The molecule has 2 atom stereocenters. The van der Waals surface area contributed by atoms with Crippen LogP contribution in [-0.2, 0) is 6.42 Å². The Morgan fingerprint density at radius 1 is 1.28 bits per heavy atom. The van der Waals surface area contributed by atoms with Crippen molar-refractivity contribution in [3.05, 3.63) is 35.4 Å². The lowest BCUT2D eigenvalue weighted by atomic mass is 9.77. The average molecular weight is 248 g/mol. The molecule has 0 aliphatic carbocycles. The number of rotatable bonds is 5. The van der Waals surface area contributed by atoms with Crippen LogP contribution in [0, 0.1) is 11.3 Å². The van der Waals surface area contributed by atoms with Crippen molar-refractivity contribution in [2.24, 2.45) is 17.2 Å². The summed E-state index contributed by atoms with van der Waals surface area (Å²) < 4.78 is 0. The number of hydrogen-bond acceptors (Lipinski definition) is 2. The summed E-state index contributed by atoms with van der Waals surface area (Å²) in [7, 11) is 0. The van der Waals surface area contributed by atoms with E-state index in [4.69, 9.17) is 5.84 Å². The molecule has 2 heteroatoms. The Labute approximate surface area is 112 Å². The Morgan fingerprint density at radius 2 is 1.94 bits per heavy atom. The normalized spacial score (nSPS) is 15.4. The first-order chi connectivity index (χ1) is 8.38. The minimum Gasteiger partial charge on any atom is -0.271 e. The molecule has 0 aliphatic rings. The molecule has 2 nitrogen and oxygen atoms in total. The summed E-state index contributed by atoms with van der Waals surface area (Å²) >= 11 is 0. The van der Waals surface area contributed by atoms with Gasteiger partial charge in [0.25, 0.3) is 0 Å². The molecule has 18 heavy (non-hydrogen) atoms. The Balaban J connectivity index is 2.82. The molecule has 1 rings (SSSR count). The van der Waals surface area contributed by atoms with Gasteiger partial charge in [0, 0.05) is 6.04 Å². The lowest BCUT2D eigenvalue weighted by Gasteiger charge is -2.30. The Hall–Kier alpha value is -0.860. The zero-order valence-corrected chi connectivity index (χ0v) is 12.5. The van der Waals surface area contributed by atoms with Gasteiger partial charge in [-0.15, -0.1) is 0 Å². The van der Waals surface area contributed by atoms with Gasteiger partial charge >= 0.3 is 0 Å². The van der Waals surface area contributed by atoms with Gasteiger partial charge in [-0.1, -0.05) is 58.9 Å². The summed E-state index contributed by atoms with van der Waals surface area (Å²) in [4.78, 5) is 0. The highest BCUT2D eigenvalue weighted by atomic mass is 15.2. The van der Waals surface area contributed by atoms with Crippen LogP contribution < -0.4 is 11.3 Å². The molecule has 102 valence electrons. The first-order valence-electron chi connectivity index (χ1n) is 6.93. The molecule has 0 aromatic heterocycles. The number of aryl methyl sites for hydroxylation is 1. The maximum Gasteiger partial charge on any atom is 0.0462 e. The molecular weight excluding hydrogens is 220 g/mol. The second kappa shape index (κ2) is 6.35. The van der Waals surface area contributed by atoms with Crippen LogP contribution in [-0.4, -0.2) is 0 Å². The number of benzene rings is 1. The number of nitrogens with one attached hydrogen (secondary N) is 1. The number of hydrazine groups is 1.